The van der Waals surface area contributed by atoms with Crippen molar-refractivity contribution in [1.29, 1.82) is 0 Å². The molecule has 1 unspecified atom stereocenters. The number of amides is 1. The zero-order chi connectivity index (χ0) is 21.3. The number of anilines is 1. The second-order valence-corrected chi connectivity index (χ2v) is 9.75. The normalized spacial score (nSPS) is 17.8. The highest BCUT2D eigenvalue weighted by Gasteiger charge is 2.35. The third-order valence-corrected chi connectivity index (χ3v) is 7.76. The average Bonchev–Trinajstić information content (AvgIpc) is 2.63. The lowest BCUT2D eigenvalue weighted by Crippen LogP contribution is -2.45. The van der Waals surface area contributed by atoms with Crippen molar-refractivity contribution in [3.8, 4) is 0 Å². The summed E-state index contributed by atoms with van der Waals surface area (Å²) in [6, 6.07) is 5.41. The van der Waals surface area contributed by atoms with Crippen LogP contribution in [0.1, 0.15) is 24.1 Å². The largest absolute Gasteiger partial charge is 0.326 e. The van der Waals surface area contributed by atoms with Gasteiger partial charge in [-0.2, -0.15) is 4.31 Å². The molecule has 0 radical (unpaired) electrons. The zero-order valence-corrected chi connectivity index (χ0v) is 18.3. The van der Waals surface area contributed by atoms with Crippen molar-refractivity contribution in [2.45, 2.75) is 31.6 Å². The molecule has 1 saturated heterocycles. The fourth-order valence-electron chi connectivity index (χ4n) is 3.37. The number of sulfonamides is 1. The third kappa shape index (κ3) is 4.51. The van der Waals surface area contributed by atoms with Crippen molar-refractivity contribution in [2.75, 3.05) is 18.4 Å². The summed E-state index contributed by atoms with van der Waals surface area (Å²) in [7, 11) is -4.16. The second kappa shape index (κ2) is 8.25. The first-order valence-electron chi connectivity index (χ1n) is 9.00. The lowest BCUT2D eigenvalue weighted by atomic mass is 9.98. The van der Waals surface area contributed by atoms with E-state index in [-0.39, 0.29) is 24.7 Å². The molecule has 0 aliphatic carbocycles. The molecule has 1 aliphatic rings. The lowest BCUT2D eigenvalue weighted by Gasteiger charge is -2.31. The number of rotatable bonds is 4. The van der Waals surface area contributed by atoms with Crippen LogP contribution >= 0.6 is 15.9 Å². The Hall–Kier alpha value is -2.24. The summed E-state index contributed by atoms with van der Waals surface area (Å²) in [5.41, 5.74) is -0.182. The second-order valence-electron chi connectivity index (χ2n) is 7.02. The monoisotopic (exact) mass is 484 g/mol. The highest BCUT2D eigenvalue weighted by Crippen LogP contribution is 2.25. The Kier molecular flexibility index (Phi) is 6.11. The Labute approximate surface area is 175 Å². The number of nitrogens with zero attached hydrogens (tertiary/aromatic N) is 1. The van der Waals surface area contributed by atoms with Crippen LogP contribution in [0.4, 0.5) is 5.69 Å². The van der Waals surface area contributed by atoms with Gasteiger partial charge in [0.25, 0.3) is 5.56 Å². The number of carbonyl (C=O) groups is 1. The van der Waals surface area contributed by atoms with Gasteiger partial charge in [-0.05, 0) is 50.5 Å². The summed E-state index contributed by atoms with van der Waals surface area (Å²) in [5, 5.41) is 2.83. The molecule has 1 aromatic heterocycles. The van der Waals surface area contributed by atoms with Gasteiger partial charge in [0.05, 0.1) is 5.92 Å². The summed E-state index contributed by atoms with van der Waals surface area (Å²) in [6.07, 6.45) is 1.02. The standard InChI is InChI=1S/C18H21BrN4O5S/c1-10-8-13(5-6-14(10)19)21-16(24)12-4-3-7-23(9-12)29(27,28)15-11(2)20-18(26)22-17(15)25/h5-6,8,12H,3-4,7,9H2,1-2H3,(H,21,24)(H2,20,22,25,26). The first-order valence-corrected chi connectivity index (χ1v) is 11.2. The first-order chi connectivity index (χ1) is 13.6. The summed E-state index contributed by atoms with van der Waals surface area (Å²) < 4.78 is 28.0. The van der Waals surface area contributed by atoms with Gasteiger partial charge < -0.3 is 10.3 Å². The summed E-state index contributed by atoms with van der Waals surface area (Å²) in [5.74, 6) is -0.830. The maximum atomic E-state index is 13.0. The van der Waals surface area contributed by atoms with Crippen molar-refractivity contribution < 1.29 is 13.2 Å². The van der Waals surface area contributed by atoms with E-state index in [0.29, 0.717) is 18.5 Å². The number of hydrogen-bond acceptors (Lipinski definition) is 5. The maximum absolute atomic E-state index is 13.0. The number of benzene rings is 1. The van der Waals surface area contributed by atoms with Gasteiger partial charge in [0.2, 0.25) is 15.9 Å². The van der Waals surface area contributed by atoms with Gasteiger partial charge >= 0.3 is 5.69 Å². The maximum Gasteiger partial charge on any atom is 0.325 e. The van der Waals surface area contributed by atoms with Gasteiger partial charge in [0.1, 0.15) is 0 Å². The molecule has 2 aromatic rings. The summed E-state index contributed by atoms with van der Waals surface area (Å²) in [4.78, 5) is 39.9. The van der Waals surface area contributed by atoms with E-state index in [1.54, 1.807) is 6.07 Å². The molecule has 1 aromatic carbocycles. The number of carbonyl (C=O) groups excluding carboxylic acids is 1. The van der Waals surface area contributed by atoms with Gasteiger partial charge in [0, 0.05) is 28.9 Å². The van der Waals surface area contributed by atoms with E-state index in [0.717, 1.165) is 14.3 Å². The van der Waals surface area contributed by atoms with Crippen molar-refractivity contribution in [3.05, 3.63) is 54.8 Å². The van der Waals surface area contributed by atoms with Crippen LogP contribution in [0, 0.1) is 19.8 Å². The number of aryl methyl sites for hydroxylation is 2. The zero-order valence-electron chi connectivity index (χ0n) is 15.9. The minimum atomic E-state index is -4.16. The molecule has 3 N–H and O–H groups in total. The quantitative estimate of drug-likeness (QED) is 0.604. The molecule has 156 valence electrons. The summed E-state index contributed by atoms with van der Waals surface area (Å²) >= 11 is 3.40. The molecule has 11 heteroatoms. The molecule has 3 rings (SSSR count). The van der Waals surface area contributed by atoms with E-state index in [1.165, 1.54) is 6.92 Å². The highest BCUT2D eigenvalue weighted by atomic mass is 79.9. The van der Waals surface area contributed by atoms with E-state index < -0.39 is 32.1 Å². The fraction of sp³-hybridized carbons (Fsp3) is 0.389. The van der Waals surface area contributed by atoms with Crippen molar-refractivity contribution in [2.24, 2.45) is 5.92 Å². The van der Waals surface area contributed by atoms with Crippen LogP contribution in [-0.2, 0) is 14.8 Å². The Morgan fingerprint density at radius 1 is 1.24 bits per heavy atom. The molecule has 1 atom stereocenters. The smallest absolute Gasteiger partial charge is 0.325 e. The minimum Gasteiger partial charge on any atom is -0.326 e. The van der Waals surface area contributed by atoms with Crippen LogP contribution < -0.4 is 16.6 Å². The molecular weight excluding hydrogens is 464 g/mol. The Morgan fingerprint density at radius 2 is 1.97 bits per heavy atom. The first kappa shape index (κ1) is 21.5. The molecule has 9 nitrogen and oxygen atoms in total. The number of hydrogen-bond donors (Lipinski definition) is 3. The molecule has 0 bridgehead atoms. The third-order valence-electron chi connectivity index (χ3n) is 4.85. The van der Waals surface area contributed by atoms with Gasteiger partial charge in [0.15, 0.2) is 4.90 Å². The van der Waals surface area contributed by atoms with Crippen molar-refractivity contribution in [1.82, 2.24) is 14.3 Å². The average molecular weight is 485 g/mol. The van der Waals surface area contributed by atoms with Crippen molar-refractivity contribution >= 4 is 37.5 Å². The van der Waals surface area contributed by atoms with Gasteiger partial charge in [-0.3, -0.25) is 14.6 Å². The van der Waals surface area contributed by atoms with Crippen LogP contribution in [0.5, 0.6) is 0 Å². The SMILES string of the molecule is Cc1cc(NC(=O)C2CCCN(S(=O)(=O)c3c(C)[nH]c(=O)[nH]c3=O)C2)ccc1Br. The number of aromatic amines is 2. The molecule has 29 heavy (non-hydrogen) atoms. The lowest BCUT2D eigenvalue weighted by molar-refractivity contribution is -0.120. The van der Waals surface area contributed by atoms with E-state index in [1.807, 2.05) is 24.0 Å². The van der Waals surface area contributed by atoms with Gasteiger partial charge in [-0.1, -0.05) is 15.9 Å². The number of aromatic nitrogens is 2. The highest BCUT2D eigenvalue weighted by molar-refractivity contribution is 9.10. The minimum absolute atomic E-state index is 0.0318. The van der Waals surface area contributed by atoms with Crippen LogP contribution in [0.15, 0.2) is 37.2 Å². The van der Waals surface area contributed by atoms with Crippen LogP contribution in [0.2, 0.25) is 0 Å². The molecule has 0 spiro atoms. The number of piperidine rings is 1. The Balaban J connectivity index is 1.81. The number of nitrogens with one attached hydrogen (secondary N) is 3. The predicted molar refractivity (Wildman–Crippen MR) is 111 cm³/mol. The van der Waals surface area contributed by atoms with E-state index in [9.17, 15) is 22.8 Å². The molecule has 0 saturated carbocycles. The topological polar surface area (TPSA) is 132 Å². The number of halogens is 1. The molecule has 1 fully saturated rings. The van der Waals surface area contributed by atoms with E-state index >= 15 is 0 Å². The molecule has 1 amide bonds. The van der Waals surface area contributed by atoms with E-state index in [2.05, 4.69) is 26.2 Å². The van der Waals surface area contributed by atoms with Gasteiger partial charge in [-0.25, -0.2) is 13.2 Å². The van der Waals surface area contributed by atoms with E-state index in [4.69, 9.17) is 0 Å². The van der Waals surface area contributed by atoms with Crippen LogP contribution in [0.3, 0.4) is 0 Å². The molecular formula is C18H21BrN4O5S. The number of H-pyrrole nitrogens is 2. The summed E-state index contributed by atoms with van der Waals surface area (Å²) in [6.45, 7) is 3.41. The van der Waals surface area contributed by atoms with Crippen LogP contribution in [-0.4, -0.2) is 41.7 Å². The van der Waals surface area contributed by atoms with Crippen LogP contribution in [0.25, 0.3) is 0 Å². The molecule has 1 aliphatic heterocycles. The predicted octanol–water partition coefficient (Wildman–Crippen LogP) is 1.48. The molecule has 2 heterocycles. The van der Waals surface area contributed by atoms with Gasteiger partial charge in [-0.15, -0.1) is 0 Å². The Bertz CT molecular complexity index is 1170. The Morgan fingerprint density at radius 3 is 2.62 bits per heavy atom. The van der Waals surface area contributed by atoms with Crippen molar-refractivity contribution in [3.63, 3.8) is 0 Å². The fourth-order valence-corrected chi connectivity index (χ4v) is 5.34.